The van der Waals surface area contributed by atoms with E-state index in [1.165, 1.54) is 0 Å². The van der Waals surface area contributed by atoms with Gasteiger partial charge in [0.25, 0.3) is 0 Å². The molecular weight excluding hydrogens is 308 g/mol. The molecule has 0 aliphatic rings. The third-order valence-electron chi connectivity index (χ3n) is 3.18. The molecule has 0 unspecified atom stereocenters. The molecule has 1 aromatic carbocycles. The molecule has 0 spiro atoms. The number of hydrogen-bond donors (Lipinski definition) is 2. The van der Waals surface area contributed by atoms with Crippen molar-refractivity contribution >= 4 is 27.5 Å². The third-order valence-corrected chi connectivity index (χ3v) is 3.87. The van der Waals surface area contributed by atoms with Crippen LogP contribution in [0.25, 0.3) is 0 Å². The van der Waals surface area contributed by atoms with Gasteiger partial charge in [-0.15, -0.1) is 0 Å². The first kappa shape index (κ1) is 16.1. The SMILES string of the molecule is CCC(N)(CC)COCC(=O)Nc1ccccc1Br. The Hall–Kier alpha value is -0.910. The molecule has 19 heavy (non-hydrogen) atoms. The first-order chi connectivity index (χ1) is 9.00. The minimum absolute atomic E-state index is 0.0142. The number of hydrogen-bond acceptors (Lipinski definition) is 3. The largest absolute Gasteiger partial charge is 0.370 e. The lowest BCUT2D eigenvalue weighted by Gasteiger charge is -2.26. The molecule has 0 heterocycles. The molecule has 0 fully saturated rings. The predicted molar refractivity (Wildman–Crippen MR) is 81.1 cm³/mol. The second-order valence-electron chi connectivity index (χ2n) is 4.59. The van der Waals surface area contributed by atoms with Crippen LogP contribution in [0.1, 0.15) is 26.7 Å². The van der Waals surface area contributed by atoms with Gasteiger partial charge in [0.05, 0.1) is 12.3 Å². The van der Waals surface area contributed by atoms with Gasteiger partial charge in [0, 0.05) is 10.0 Å². The number of carbonyl (C=O) groups excluding carboxylic acids is 1. The highest BCUT2D eigenvalue weighted by Gasteiger charge is 2.20. The lowest BCUT2D eigenvalue weighted by atomic mass is 9.96. The van der Waals surface area contributed by atoms with Gasteiger partial charge >= 0.3 is 0 Å². The monoisotopic (exact) mass is 328 g/mol. The maximum Gasteiger partial charge on any atom is 0.250 e. The van der Waals surface area contributed by atoms with Gasteiger partial charge in [0.2, 0.25) is 5.91 Å². The van der Waals surface area contributed by atoms with E-state index in [1.807, 2.05) is 38.1 Å². The number of nitrogens with one attached hydrogen (secondary N) is 1. The normalized spacial score (nSPS) is 11.4. The number of rotatable bonds is 7. The molecule has 0 aliphatic carbocycles. The van der Waals surface area contributed by atoms with E-state index in [4.69, 9.17) is 10.5 Å². The van der Waals surface area contributed by atoms with E-state index in [0.29, 0.717) is 6.61 Å². The molecule has 0 aromatic heterocycles. The summed E-state index contributed by atoms with van der Waals surface area (Å²) in [4.78, 5) is 11.7. The molecule has 1 aromatic rings. The Morgan fingerprint density at radius 3 is 2.58 bits per heavy atom. The minimum Gasteiger partial charge on any atom is -0.370 e. The maximum absolute atomic E-state index is 11.7. The lowest BCUT2D eigenvalue weighted by molar-refractivity contribution is -0.121. The zero-order chi connectivity index (χ0) is 14.3. The Bertz CT molecular complexity index is 420. The average Bonchev–Trinajstić information content (AvgIpc) is 2.41. The van der Waals surface area contributed by atoms with Crippen molar-refractivity contribution in [1.82, 2.24) is 0 Å². The van der Waals surface area contributed by atoms with Crippen LogP contribution in [0.3, 0.4) is 0 Å². The van der Waals surface area contributed by atoms with Crippen LogP contribution in [0.15, 0.2) is 28.7 Å². The zero-order valence-corrected chi connectivity index (χ0v) is 13.0. The number of halogens is 1. The Morgan fingerprint density at radius 2 is 2.00 bits per heavy atom. The Morgan fingerprint density at radius 1 is 1.37 bits per heavy atom. The van der Waals surface area contributed by atoms with Crippen molar-refractivity contribution in [3.63, 3.8) is 0 Å². The number of para-hydroxylation sites is 1. The van der Waals surface area contributed by atoms with E-state index >= 15 is 0 Å². The summed E-state index contributed by atoms with van der Waals surface area (Å²) in [5.74, 6) is -0.179. The number of anilines is 1. The molecule has 5 heteroatoms. The van der Waals surface area contributed by atoms with Crippen LogP contribution in [0.5, 0.6) is 0 Å². The fourth-order valence-electron chi connectivity index (χ4n) is 1.55. The van der Waals surface area contributed by atoms with Gasteiger partial charge in [-0.1, -0.05) is 26.0 Å². The molecule has 0 atom stereocenters. The number of ether oxygens (including phenoxy) is 1. The maximum atomic E-state index is 11.7. The number of carbonyl (C=O) groups is 1. The summed E-state index contributed by atoms with van der Waals surface area (Å²) < 4.78 is 6.25. The topological polar surface area (TPSA) is 64.3 Å². The van der Waals surface area contributed by atoms with Crippen LogP contribution in [0.4, 0.5) is 5.69 Å². The van der Waals surface area contributed by atoms with Gasteiger partial charge in [0.15, 0.2) is 0 Å². The molecule has 0 aliphatic heterocycles. The van der Waals surface area contributed by atoms with Gasteiger partial charge in [-0.2, -0.15) is 0 Å². The molecule has 1 rings (SSSR count). The highest BCUT2D eigenvalue weighted by molar-refractivity contribution is 9.10. The van der Waals surface area contributed by atoms with Crippen LogP contribution in [-0.2, 0) is 9.53 Å². The molecule has 0 saturated carbocycles. The van der Waals surface area contributed by atoms with E-state index in [-0.39, 0.29) is 18.1 Å². The third kappa shape index (κ3) is 5.30. The second-order valence-corrected chi connectivity index (χ2v) is 5.44. The van der Waals surface area contributed by atoms with Crippen LogP contribution < -0.4 is 11.1 Å². The van der Waals surface area contributed by atoms with Gasteiger partial charge in [0.1, 0.15) is 6.61 Å². The van der Waals surface area contributed by atoms with Crippen molar-refractivity contribution < 1.29 is 9.53 Å². The van der Waals surface area contributed by atoms with Crippen LogP contribution in [0, 0.1) is 0 Å². The average molecular weight is 329 g/mol. The molecule has 0 bridgehead atoms. The molecule has 106 valence electrons. The van der Waals surface area contributed by atoms with Gasteiger partial charge in [-0.05, 0) is 40.9 Å². The van der Waals surface area contributed by atoms with Crippen LogP contribution in [-0.4, -0.2) is 24.7 Å². The molecule has 1 amide bonds. The second kappa shape index (κ2) is 7.62. The van der Waals surface area contributed by atoms with Crippen molar-refractivity contribution in [2.24, 2.45) is 5.73 Å². The summed E-state index contributed by atoms with van der Waals surface area (Å²) in [6, 6.07) is 7.45. The lowest BCUT2D eigenvalue weighted by Crippen LogP contribution is -2.43. The number of amides is 1. The molecule has 0 radical (unpaired) electrons. The standard InChI is InChI=1S/C14H21BrN2O2/c1-3-14(16,4-2)10-19-9-13(18)17-12-8-6-5-7-11(12)15/h5-8H,3-4,9-10,16H2,1-2H3,(H,17,18). The summed E-state index contributed by atoms with van der Waals surface area (Å²) >= 11 is 3.37. The smallest absolute Gasteiger partial charge is 0.250 e. The van der Waals surface area contributed by atoms with Crippen LogP contribution >= 0.6 is 15.9 Å². The quantitative estimate of drug-likeness (QED) is 0.808. The van der Waals surface area contributed by atoms with E-state index in [0.717, 1.165) is 23.0 Å². The van der Waals surface area contributed by atoms with Gasteiger partial charge < -0.3 is 15.8 Å². The Labute approximate surface area is 122 Å². The summed E-state index contributed by atoms with van der Waals surface area (Å²) in [7, 11) is 0. The van der Waals surface area contributed by atoms with Crippen molar-refractivity contribution in [1.29, 1.82) is 0 Å². The van der Waals surface area contributed by atoms with Gasteiger partial charge in [-0.25, -0.2) is 0 Å². The molecular formula is C14H21BrN2O2. The summed E-state index contributed by atoms with van der Waals surface area (Å²) in [6.45, 7) is 4.45. The van der Waals surface area contributed by atoms with Crippen molar-refractivity contribution in [2.45, 2.75) is 32.2 Å². The van der Waals surface area contributed by atoms with Crippen molar-refractivity contribution in [3.05, 3.63) is 28.7 Å². The highest BCUT2D eigenvalue weighted by Crippen LogP contribution is 2.21. The van der Waals surface area contributed by atoms with E-state index in [9.17, 15) is 4.79 Å². The fourth-order valence-corrected chi connectivity index (χ4v) is 1.93. The van der Waals surface area contributed by atoms with Gasteiger partial charge in [-0.3, -0.25) is 4.79 Å². The summed E-state index contributed by atoms with van der Waals surface area (Å²) in [6.07, 6.45) is 1.66. The van der Waals surface area contributed by atoms with Crippen LogP contribution in [0.2, 0.25) is 0 Å². The summed E-state index contributed by atoms with van der Waals surface area (Å²) in [5.41, 5.74) is 6.49. The summed E-state index contributed by atoms with van der Waals surface area (Å²) in [5, 5.41) is 2.78. The number of benzene rings is 1. The van der Waals surface area contributed by atoms with E-state index < -0.39 is 0 Å². The zero-order valence-electron chi connectivity index (χ0n) is 11.4. The van der Waals surface area contributed by atoms with E-state index in [2.05, 4.69) is 21.2 Å². The molecule has 4 nitrogen and oxygen atoms in total. The van der Waals surface area contributed by atoms with E-state index in [1.54, 1.807) is 0 Å². The highest BCUT2D eigenvalue weighted by atomic mass is 79.9. The number of nitrogens with two attached hydrogens (primary N) is 1. The first-order valence-corrected chi connectivity index (χ1v) is 7.21. The first-order valence-electron chi connectivity index (χ1n) is 6.41. The molecule has 0 saturated heterocycles. The van der Waals surface area contributed by atoms with Crippen molar-refractivity contribution in [2.75, 3.05) is 18.5 Å². The fraction of sp³-hybridized carbons (Fsp3) is 0.500. The van der Waals surface area contributed by atoms with Crippen molar-refractivity contribution in [3.8, 4) is 0 Å². The minimum atomic E-state index is -0.340. The molecule has 3 N–H and O–H groups in total. The predicted octanol–water partition coefficient (Wildman–Crippen LogP) is 2.92. The Balaban J connectivity index is 2.39. The Kier molecular flexibility index (Phi) is 6.48.